The summed E-state index contributed by atoms with van der Waals surface area (Å²) < 4.78 is 38.1. The summed E-state index contributed by atoms with van der Waals surface area (Å²) in [6.45, 7) is 3.12. The highest BCUT2D eigenvalue weighted by atomic mass is 32.2. The summed E-state index contributed by atoms with van der Waals surface area (Å²) in [6.07, 6.45) is 2.18. The van der Waals surface area contributed by atoms with Gasteiger partial charge in [-0.2, -0.15) is 0 Å². The number of aromatic nitrogens is 1. The maximum atomic E-state index is 14.8. The fraction of sp³-hybridized carbons (Fsp3) is 0.417. The van der Waals surface area contributed by atoms with E-state index in [0.717, 1.165) is 26.3 Å². The predicted octanol–water partition coefficient (Wildman–Crippen LogP) is 2.27. The molecule has 0 saturated carbocycles. The standard InChI is InChI=1S/C24H26FN3O5S/c1-24(22(29)30,34(3,32)33)8-9-27-15-19-11-18(14-28(19)23(27)31)20-7-6-16(10-21(20)25)4-5-17-12-26(2)13-17/h6-7,10-11,14,17H,8-9,12-13,15H2,1-3H3,(H,29,30). The van der Waals surface area contributed by atoms with E-state index in [1.54, 1.807) is 24.4 Å². The molecule has 2 aliphatic heterocycles. The Morgan fingerprint density at radius 2 is 2.00 bits per heavy atom. The van der Waals surface area contributed by atoms with Crippen LogP contribution in [0.25, 0.3) is 11.1 Å². The SMILES string of the molecule is CN1CC(C#Cc2ccc(-c3cc4n(c3)C(=O)N(CCC(C)(C(=O)O)S(C)(=O)=O)C4)c(F)c2)C1. The monoisotopic (exact) mass is 487 g/mol. The molecule has 1 fully saturated rings. The van der Waals surface area contributed by atoms with Crippen molar-refractivity contribution in [3.63, 3.8) is 0 Å². The lowest BCUT2D eigenvalue weighted by molar-refractivity contribution is -0.139. The number of rotatable bonds is 6. The van der Waals surface area contributed by atoms with Crippen molar-refractivity contribution >= 4 is 21.8 Å². The Hall–Kier alpha value is -3.16. The van der Waals surface area contributed by atoms with Crippen LogP contribution in [0.2, 0.25) is 0 Å². The second-order valence-electron chi connectivity index (χ2n) is 9.23. The minimum atomic E-state index is -3.89. The quantitative estimate of drug-likeness (QED) is 0.628. The molecule has 0 radical (unpaired) electrons. The van der Waals surface area contributed by atoms with Crippen molar-refractivity contribution in [2.45, 2.75) is 24.6 Å². The number of benzene rings is 1. The molecule has 1 amide bonds. The summed E-state index contributed by atoms with van der Waals surface area (Å²) in [5.41, 5.74) is 2.11. The lowest BCUT2D eigenvalue weighted by atomic mass is 10.0. The molecule has 1 atom stereocenters. The van der Waals surface area contributed by atoms with Gasteiger partial charge in [0, 0.05) is 60.4 Å². The lowest BCUT2D eigenvalue weighted by Crippen LogP contribution is -2.45. The number of aliphatic carboxylic acids is 1. The molecule has 2 aromatic rings. The van der Waals surface area contributed by atoms with E-state index in [9.17, 15) is 27.5 Å². The Labute approximate surface area is 197 Å². The van der Waals surface area contributed by atoms with E-state index in [0.29, 0.717) is 28.3 Å². The molecule has 0 spiro atoms. The number of carboxylic acid groups (broad SMARTS) is 1. The van der Waals surface area contributed by atoms with Crippen molar-refractivity contribution in [2.24, 2.45) is 5.92 Å². The number of nitrogens with zero attached hydrogens (tertiary/aromatic N) is 3. The first-order chi connectivity index (χ1) is 15.9. The van der Waals surface area contributed by atoms with Gasteiger partial charge >= 0.3 is 12.0 Å². The molecule has 2 aliphatic rings. The predicted molar refractivity (Wildman–Crippen MR) is 124 cm³/mol. The number of hydrogen-bond acceptors (Lipinski definition) is 5. The Morgan fingerprint density at radius 1 is 1.29 bits per heavy atom. The van der Waals surface area contributed by atoms with E-state index in [1.807, 2.05) is 7.05 Å². The third-order valence-electron chi connectivity index (χ3n) is 6.62. The number of fused-ring (bicyclic) bond motifs is 1. The molecule has 8 nitrogen and oxygen atoms in total. The van der Waals surface area contributed by atoms with Crippen molar-refractivity contribution in [1.82, 2.24) is 14.4 Å². The maximum Gasteiger partial charge on any atom is 0.328 e. The van der Waals surface area contributed by atoms with Crippen LogP contribution in [-0.4, -0.2) is 77.6 Å². The highest BCUT2D eigenvalue weighted by Crippen LogP contribution is 2.30. The average Bonchev–Trinajstić information content (AvgIpc) is 3.26. The number of halogens is 1. The lowest BCUT2D eigenvalue weighted by Gasteiger charge is -2.32. The van der Waals surface area contributed by atoms with Crippen molar-refractivity contribution in [1.29, 1.82) is 0 Å². The van der Waals surface area contributed by atoms with Gasteiger partial charge in [0.1, 0.15) is 5.82 Å². The molecule has 1 unspecified atom stereocenters. The highest BCUT2D eigenvalue weighted by molar-refractivity contribution is 7.92. The van der Waals surface area contributed by atoms with Crippen LogP contribution in [0, 0.1) is 23.6 Å². The van der Waals surface area contributed by atoms with Gasteiger partial charge < -0.3 is 14.9 Å². The zero-order valence-electron chi connectivity index (χ0n) is 19.2. The van der Waals surface area contributed by atoms with Crippen molar-refractivity contribution in [3.05, 3.63) is 47.5 Å². The minimum absolute atomic E-state index is 0.0375. The largest absolute Gasteiger partial charge is 0.480 e. The van der Waals surface area contributed by atoms with E-state index in [-0.39, 0.29) is 19.5 Å². The zero-order chi connectivity index (χ0) is 24.8. The number of sulfone groups is 1. The van der Waals surface area contributed by atoms with Gasteiger partial charge in [-0.15, -0.1) is 0 Å². The summed E-state index contributed by atoms with van der Waals surface area (Å²) in [5.74, 6) is 4.58. The number of carboxylic acids is 1. The molecule has 4 rings (SSSR count). The molecule has 0 aliphatic carbocycles. The van der Waals surface area contributed by atoms with Crippen LogP contribution in [0.5, 0.6) is 0 Å². The number of carbonyl (C=O) groups excluding carboxylic acids is 1. The molecule has 10 heteroatoms. The normalized spacial score (nSPS) is 18.1. The Kier molecular flexibility index (Phi) is 6.04. The van der Waals surface area contributed by atoms with Gasteiger partial charge in [-0.25, -0.2) is 17.6 Å². The molecule has 3 heterocycles. The van der Waals surface area contributed by atoms with E-state index in [1.165, 1.54) is 15.5 Å². The van der Waals surface area contributed by atoms with E-state index < -0.39 is 32.4 Å². The molecule has 1 aromatic carbocycles. The number of likely N-dealkylation sites (tertiary alicyclic amines) is 1. The third-order valence-corrected chi connectivity index (χ3v) is 8.64. The molecule has 1 saturated heterocycles. The number of amides is 1. The fourth-order valence-corrected chi connectivity index (χ4v) is 4.93. The van der Waals surface area contributed by atoms with Gasteiger partial charge in [0.2, 0.25) is 0 Å². The van der Waals surface area contributed by atoms with Crippen LogP contribution in [0.15, 0.2) is 30.5 Å². The fourth-order valence-electron chi connectivity index (χ4n) is 4.15. The molecule has 1 N–H and O–H groups in total. The third kappa shape index (κ3) is 4.33. The summed E-state index contributed by atoms with van der Waals surface area (Å²) in [6, 6.07) is 6.08. The van der Waals surface area contributed by atoms with Crippen LogP contribution in [-0.2, 0) is 21.2 Å². The minimum Gasteiger partial charge on any atom is -0.480 e. The highest BCUT2D eigenvalue weighted by Gasteiger charge is 2.44. The molecule has 0 bridgehead atoms. The van der Waals surface area contributed by atoms with Crippen LogP contribution < -0.4 is 0 Å². The molecule has 34 heavy (non-hydrogen) atoms. The van der Waals surface area contributed by atoms with E-state index >= 15 is 0 Å². The topological polar surface area (TPSA) is 99.9 Å². The summed E-state index contributed by atoms with van der Waals surface area (Å²) >= 11 is 0. The van der Waals surface area contributed by atoms with E-state index in [2.05, 4.69) is 16.7 Å². The summed E-state index contributed by atoms with van der Waals surface area (Å²) in [5, 5.41) is 9.40. The first-order valence-corrected chi connectivity index (χ1v) is 12.7. The van der Waals surface area contributed by atoms with Gasteiger partial charge in [-0.1, -0.05) is 17.9 Å². The van der Waals surface area contributed by atoms with Gasteiger partial charge in [-0.3, -0.25) is 9.36 Å². The second kappa shape index (κ2) is 8.56. The molecule has 180 valence electrons. The van der Waals surface area contributed by atoms with Gasteiger partial charge in [0.15, 0.2) is 14.6 Å². The first kappa shape index (κ1) is 24.0. The van der Waals surface area contributed by atoms with E-state index in [4.69, 9.17) is 0 Å². The Bertz CT molecular complexity index is 1330. The van der Waals surface area contributed by atoms with Crippen LogP contribution >= 0.6 is 0 Å². The van der Waals surface area contributed by atoms with Crippen LogP contribution in [0.4, 0.5) is 9.18 Å². The Morgan fingerprint density at radius 3 is 2.56 bits per heavy atom. The zero-order valence-corrected chi connectivity index (χ0v) is 20.0. The molecular weight excluding hydrogens is 461 g/mol. The number of hydrogen-bond donors (Lipinski definition) is 1. The average molecular weight is 488 g/mol. The first-order valence-electron chi connectivity index (χ1n) is 10.8. The van der Waals surface area contributed by atoms with Gasteiger partial charge in [0.05, 0.1) is 6.54 Å². The smallest absolute Gasteiger partial charge is 0.328 e. The second-order valence-corrected chi connectivity index (χ2v) is 11.7. The van der Waals surface area contributed by atoms with Crippen LogP contribution in [0.1, 0.15) is 24.6 Å². The summed E-state index contributed by atoms with van der Waals surface area (Å²) in [7, 11) is -1.86. The number of carbonyl (C=O) groups is 2. The van der Waals surface area contributed by atoms with Crippen molar-refractivity contribution < 1.29 is 27.5 Å². The summed E-state index contributed by atoms with van der Waals surface area (Å²) in [4.78, 5) is 27.9. The molecule has 1 aromatic heterocycles. The molecular formula is C24H26FN3O5S. The van der Waals surface area contributed by atoms with Gasteiger partial charge in [0.25, 0.3) is 0 Å². The van der Waals surface area contributed by atoms with Crippen LogP contribution in [0.3, 0.4) is 0 Å². The maximum absolute atomic E-state index is 14.8. The Balaban J connectivity index is 1.46. The van der Waals surface area contributed by atoms with Crippen molar-refractivity contribution in [3.8, 4) is 23.0 Å². The van der Waals surface area contributed by atoms with Crippen molar-refractivity contribution in [2.75, 3.05) is 32.9 Å². The van der Waals surface area contributed by atoms with Gasteiger partial charge in [-0.05, 0) is 38.6 Å².